The number of anilines is 1. The molecule has 1 amide bonds. The van der Waals surface area contributed by atoms with Crippen LogP contribution >= 0.6 is 24.4 Å². The van der Waals surface area contributed by atoms with Crippen LogP contribution in [0.25, 0.3) is 0 Å². The fraction of sp³-hybridized carbons (Fsp3) is 0.412. The first kappa shape index (κ1) is 25.0. The topological polar surface area (TPSA) is 138 Å². The minimum absolute atomic E-state index is 0.201. The van der Waals surface area contributed by atoms with Gasteiger partial charge in [-0.3, -0.25) is 4.79 Å². The van der Waals surface area contributed by atoms with Crippen LogP contribution in [0.4, 0.5) is 11.4 Å². The number of thiocarbonyl (C=S) groups is 2. The van der Waals surface area contributed by atoms with E-state index in [0.717, 1.165) is 5.69 Å². The predicted molar refractivity (Wildman–Crippen MR) is 121 cm³/mol. The zero-order chi connectivity index (χ0) is 21.6. The largest absolute Gasteiger partial charge is 0.598 e. The lowest BCUT2D eigenvalue weighted by Gasteiger charge is -2.15. The van der Waals surface area contributed by atoms with E-state index in [4.69, 9.17) is 12.2 Å². The molecule has 1 aromatic carbocycles. The molecule has 12 heteroatoms. The van der Waals surface area contributed by atoms with Gasteiger partial charge in [0.15, 0.2) is 5.11 Å². The highest BCUT2D eigenvalue weighted by atomic mass is 32.2. The second-order valence-electron chi connectivity index (χ2n) is 5.86. The van der Waals surface area contributed by atoms with Gasteiger partial charge in [-0.25, -0.2) is 4.79 Å². The van der Waals surface area contributed by atoms with Crippen LogP contribution in [0.5, 0.6) is 0 Å². The molecule has 1 rings (SSSR count). The minimum Gasteiger partial charge on any atom is -0.598 e. The number of carbonyl (C=O) groups is 2. The Balaban J connectivity index is 2.27. The van der Waals surface area contributed by atoms with Crippen LogP contribution in [0.2, 0.25) is 0 Å². The van der Waals surface area contributed by atoms with E-state index >= 15 is 0 Å². The summed E-state index contributed by atoms with van der Waals surface area (Å²) in [6.45, 7) is 0.350. The third-order valence-electron chi connectivity index (χ3n) is 3.57. The number of isothiocyanates is 1. The third kappa shape index (κ3) is 11.5. The number of carboxylic acid groups (broad SMARTS) is 1. The average Bonchev–Trinajstić information content (AvgIpc) is 2.66. The lowest BCUT2D eigenvalue weighted by molar-refractivity contribution is -0.141. The highest BCUT2D eigenvalue weighted by molar-refractivity contribution is 7.88. The Morgan fingerprint density at radius 1 is 1.31 bits per heavy atom. The number of rotatable bonds is 12. The molecule has 0 saturated heterocycles. The summed E-state index contributed by atoms with van der Waals surface area (Å²) < 4.78 is 13.3. The molecule has 0 fully saturated rings. The van der Waals surface area contributed by atoms with Crippen molar-refractivity contribution in [2.45, 2.75) is 25.3 Å². The Bertz CT molecular complexity index is 739. The second-order valence-corrected chi connectivity index (χ2v) is 7.65. The van der Waals surface area contributed by atoms with Gasteiger partial charge in [-0.05, 0) is 68.0 Å². The molecule has 1 aromatic rings. The summed E-state index contributed by atoms with van der Waals surface area (Å²) in [4.78, 5) is 26.8. The van der Waals surface area contributed by atoms with Gasteiger partial charge in [0.2, 0.25) is 5.91 Å². The Labute approximate surface area is 183 Å². The van der Waals surface area contributed by atoms with Crippen molar-refractivity contribution in [1.29, 1.82) is 0 Å². The monoisotopic (exact) mass is 457 g/mol. The van der Waals surface area contributed by atoms with Crippen molar-refractivity contribution < 1.29 is 19.2 Å². The lowest BCUT2D eigenvalue weighted by atomic mass is 10.1. The number of nitrogens with zero attached hydrogens (tertiary/aromatic N) is 1. The van der Waals surface area contributed by atoms with E-state index in [1.54, 1.807) is 12.1 Å². The molecule has 9 nitrogen and oxygen atoms in total. The van der Waals surface area contributed by atoms with Crippen LogP contribution in [0.3, 0.4) is 0 Å². The maximum atomic E-state index is 11.6. The molecule has 0 radical (unpaired) electrons. The molecule has 0 aliphatic heterocycles. The average molecular weight is 458 g/mol. The Hall–Kier alpha value is -2.08. The molecule has 1 unspecified atom stereocenters. The molecule has 0 aliphatic rings. The molecule has 0 spiro atoms. The smallest absolute Gasteiger partial charge is 0.326 e. The van der Waals surface area contributed by atoms with Crippen LogP contribution < -0.4 is 20.7 Å². The molecule has 0 heterocycles. The first-order valence-corrected chi connectivity index (χ1v) is 11.0. The van der Waals surface area contributed by atoms with E-state index < -0.39 is 29.3 Å². The zero-order valence-electron chi connectivity index (χ0n) is 15.8. The highest BCUT2D eigenvalue weighted by Crippen LogP contribution is 2.15. The summed E-state index contributed by atoms with van der Waals surface area (Å²) in [5.74, 6) is -1.62. The fourth-order valence-electron chi connectivity index (χ4n) is 2.19. The van der Waals surface area contributed by atoms with Crippen molar-refractivity contribution in [3.05, 3.63) is 24.3 Å². The predicted octanol–water partition coefficient (Wildman–Crippen LogP) is 1.33. The summed E-state index contributed by atoms with van der Waals surface area (Å²) in [7, 11) is 0. The number of aliphatic imine (C=N–C) groups is 1. The molecule has 0 aromatic heterocycles. The van der Waals surface area contributed by atoms with Gasteiger partial charge in [-0.2, -0.15) is 4.99 Å². The number of unbranched alkanes of at least 4 members (excludes halogenated alkanes) is 1. The van der Waals surface area contributed by atoms with E-state index in [2.05, 4.69) is 43.0 Å². The van der Waals surface area contributed by atoms with E-state index in [-0.39, 0.29) is 13.0 Å². The Kier molecular flexibility index (Phi) is 12.0. The molecule has 158 valence electrons. The maximum Gasteiger partial charge on any atom is 0.326 e. The standard InChI is InChI=1S/C17H23N5O4S3/c1-29(26)20-10-15(23)22-14(16(24)25)4-2-3-9-18-17(28)21-13-7-5-12(6-8-13)19-11-27/h5-8,14,20H,2-4,9-10H2,1H3,(H,22,23)(H,24,25)(H2,18,21,28)/t14-,29?/m0/s1. The van der Waals surface area contributed by atoms with Crippen LogP contribution in [-0.2, 0) is 21.0 Å². The van der Waals surface area contributed by atoms with Gasteiger partial charge in [0.25, 0.3) is 0 Å². The number of benzene rings is 1. The quantitative estimate of drug-likeness (QED) is 0.136. The fourth-order valence-corrected chi connectivity index (χ4v) is 2.85. The number of carboxylic acids is 1. The van der Waals surface area contributed by atoms with Crippen molar-refractivity contribution in [2.75, 3.05) is 24.7 Å². The van der Waals surface area contributed by atoms with Crippen molar-refractivity contribution >= 4 is 69.3 Å². The number of hydrogen-bond donors (Lipinski definition) is 5. The summed E-state index contributed by atoms with van der Waals surface area (Å²) >= 11 is 8.42. The van der Waals surface area contributed by atoms with Gasteiger partial charge in [0.1, 0.15) is 18.8 Å². The highest BCUT2D eigenvalue weighted by Gasteiger charge is 2.19. The minimum atomic E-state index is -1.34. The van der Waals surface area contributed by atoms with Crippen molar-refractivity contribution in [2.24, 2.45) is 4.99 Å². The zero-order valence-corrected chi connectivity index (χ0v) is 18.2. The van der Waals surface area contributed by atoms with Gasteiger partial charge < -0.3 is 25.6 Å². The molecule has 0 aliphatic carbocycles. The molecule has 0 saturated carbocycles. The number of aliphatic carboxylic acids is 1. The van der Waals surface area contributed by atoms with Gasteiger partial charge in [-0.15, -0.1) is 4.72 Å². The van der Waals surface area contributed by atoms with Crippen LogP contribution in [0.1, 0.15) is 19.3 Å². The number of hydrogen-bond acceptors (Lipinski definition) is 7. The lowest BCUT2D eigenvalue weighted by Crippen LogP contribution is -2.45. The first-order chi connectivity index (χ1) is 13.8. The molecule has 0 bridgehead atoms. The summed E-state index contributed by atoms with van der Waals surface area (Å²) in [5.41, 5.74) is 1.49. The molecule has 2 atom stereocenters. The van der Waals surface area contributed by atoms with Crippen molar-refractivity contribution in [3.63, 3.8) is 0 Å². The Morgan fingerprint density at radius 2 is 2.00 bits per heavy atom. The van der Waals surface area contributed by atoms with Crippen LogP contribution in [0.15, 0.2) is 29.3 Å². The van der Waals surface area contributed by atoms with Gasteiger partial charge in [-0.1, -0.05) is 0 Å². The molecular weight excluding hydrogens is 434 g/mol. The number of carbonyl (C=O) groups excluding carboxylic acids is 1. The summed E-state index contributed by atoms with van der Waals surface area (Å²) in [6.07, 6.45) is 2.91. The molecule has 29 heavy (non-hydrogen) atoms. The van der Waals surface area contributed by atoms with Gasteiger partial charge in [0, 0.05) is 23.6 Å². The first-order valence-electron chi connectivity index (χ1n) is 8.63. The summed E-state index contributed by atoms with van der Waals surface area (Å²) in [6, 6.07) is 6.18. The SMILES string of the molecule is C[S+]([O-])NCC(=O)N[C@@H](CCCCNC(=S)Nc1ccc(N=C=S)cc1)C(=O)O. The molecule has 5 N–H and O–H groups in total. The number of nitrogens with one attached hydrogen (secondary N) is 4. The van der Waals surface area contributed by atoms with E-state index in [1.165, 1.54) is 6.26 Å². The number of amides is 1. The van der Waals surface area contributed by atoms with E-state index in [1.807, 2.05) is 12.1 Å². The van der Waals surface area contributed by atoms with Crippen LogP contribution in [-0.4, -0.2) is 57.2 Å². The van der Waals surface area contributed by atoms with E-state index in [0.29, 0.717) is 30.2 Å². The van der Waals surface area contributed by atoms with Gasteiger partial charge in [0.05, 0.1) is 10.8 Å². The van der Waals surface area contributed by atoms with Gasteiger partial charge >= 0.3 is 5.97 Å². The second kappa shape index (κ2) is 14.0. The van der Waals surface area contributed by atoms with Crippen molar-refractivity contribution in [3.8, 4) is 0 Å². The normalized spacial score (nSPS) is 12.2. The Morgan fingerprint density at radius 3 is 2.59 bits per heavy atom. The van der Waals surface area contributed by atoms with E-state index in [9.17, 15) is 19.2 Å². The third-order valence-corrected chi connectivity index (χ3v) is 4.46. The summed E-state index contributed by atoms with van der Waals surface area (Å²) in [5, 5.41) is 20.4. The maximum absolute atomic E-state index is 11.6. The van der Waals surface area contributed by atoms with Crippen LogP contribution in [0, 0.1) is 0 Å². The van der Waals surface area contributed by atoms with Crippen molar-refractivity contribution in [1.82, 2.24) is 15.4 Å². The molecular formula is C17H23N5O4S3.